The van der Waals surface area contributed by atoms with E-state index in [9.17, 15) is 14.4 Å². The van der Waals surface area contributed by atoms with Crippen molar-refractivity contribution in [1.29, 1.82) is 0 Å². The predicted molar refractivity (Wildman–Crippen MR) is 65.2 cm³/mol. The van der Waals surface area contributed by atoms with E-state index in [1.807, 2.05) is 12.1 Å². The summed E-state index contributed by atoms with van der Waals surface area (Å²) < 4.78 is 5.19. The molecule has 0 fully saturated rings. The molecule has 0 aliphatic rings. The molecular weight excluding hydrogens is 270 g/mol. The monoisotopic (exact) mass is 281 g/mol. The lowest BCUT2D eigenvalue weighted by molar-refractivity contribution is -0.147. The number of para-hydroxylation sites is 2. The Hall–Kier alpha value is -2.90. The Morgan fingerprint density at radius 1 is 1.00 bits per heavy atom. The van der Waals surface area contributed by atoms with Gasteiger partial charge in [0.1, 0.15) is 18.4 Å². The van der Waals surface area contributed by atoms with Crippen LogP contribution in [0, 0.1) is 0 Å². The van der Waals surface area contributed by atoms with E-state index in [1.54, 1.807) is 12.1 Å². The molecule has 8 nitrogen and oxygen atoms in total. The second-order valence-corrected chi connectivity index (χ2v) is 3.61. The van der Waals surface area contributed by atoms with Crippen LogP contribution in [0.3, 0.4) is 0 Å². The topological polar surface area (TPSA) is 138 Å². The molecule has 0 unspecified atom stereocenters. The van der Waals surface area contributed by atoms with Crippen LogP contribution < -0.4 is 0 Å². The number of benzene rings is 1. The van der Waals surface area contributed by atoms with Crippen LogP contribution >= 0.6 is 0 Å². The number of hydrogen-bond acceptors (Lipinski definition) is 5. The molecular formula is C12H11NO7. The first-order chi connectivity index (χ1) is 9.38. The molecule has 0 aliphatic heterocycles. The Kier molecular flexibility index (Phi) is 5.21. The number of fused-ring (bicyclic) bond motifs is 1. The van der Waals surface area contributed by atoms with E-state index in [0.29, 0.717) is 11.1 Å². The zero-order valence-corrected chi connectivity index (χ0v) is 10.1. The fourth-order valence-corrected chi connectivity index (χ4v) is 1.25. The van der Waals surface area contributed by atoms with Crippen molar-refractivity contribution in [2.75, 3.05) is 0 Å². The van der Waals surface area contributed by atoms with Gasteiger partial charge >= 0.3 is 17.9 Å². The zero-order valence-electron chi connectivity index (χ0n) is 10.1. The normalized spacial score (nSPS) is 9.60. The second kappa shape index (κ2) is 6.88. The number of carboxylic acids is 3. The number of hydrogen-bond donors (Lipinski definition) is 3. The van der Waals surface area contributed by atoms with Crippen LogP contribution in [0.2, 0.25) is 0 Å². The molecule has 106 valence electrons. The molecule has 2 rings (SSSR count). The number of oxazole rings is 1. The van der Waals surface area contributed by atoms with Gasteiger partial charge in [0.2, 0.25) is 5.89 Å². The molecule has 0 bridgehead atoms. The van der Waals surface area contributed by atoms with Gasteiger partial charge in [-0.3, -0.25) is 14.4 Å². The molecule has 0 spiro atoms. The highest BCUT2D eigenvalue weighted by molar-refractivity contribution is 5.88. The molecule has 1 aromatic heterocycles. The lowest BCUT2D eigenvalue weighted by Gasteiger charge is -1.84. The van der Waals surface area contributed by atoms with Gasteiger partial charge in [0.25, 0.3) is 0 Å². The quantitative estimate of drug-likeness (QED) is 0.705. The van der Waals surface area contributed by atoms with Crippen molar-refractivity contribution in [2.45, 2.75) is 12.8 Å². The summed E-state index contributed by atoms with van der Waals surface area (Å²) in [6.45, 7) is 0. The van der Waals surface area contributed by atoms with Crippen molar-refractivity contribution in [1.82, 2.24) is 4.98 Å². The molecule has 1 aromatic carbocycles. The minimum absolute atomic E-state index is 0.172. The van der Waals surface area contributed by atoms with Gasteiger partial charge < -0.3 is 19.7 Å². The Bertz CT molecular complexity index is 587. The molecule has 0 saturated carbocycles. The Morgan fingerprint density at radius 2 is 1.60 bits per heavy atom. The summed E-state index contributed by atoms with van der Waals surface area (Å²) in [5, 5.41) is 23.9. The summed E-state index contributed by atoms with van der Waals surface area (Å²) in [6.07, 6.45) is -0.978. The molecule has 20 heavy (non-hydrogen) atoms. The molecule has 0 aliphatic carbocycles. The maximum Gasteiger partial charge on any atom is 0.314 e. The maximum atomic E-state index is 10.3. The number of carbonyl (C=O) groups is 3. The van der Waals surface area contributed by atoms with E-state index >= 15 is 0 Å². The lowest BCUT2D eigenvalue weighted by atomic mass is 10.3. The van der Waals surface area contributed by atoms with Gasteiger partial charge in [0, 0.05) is 0 Å². The average molecular weight is 281 g/mol. The molecule has 0 atom stereocenters. The summed E-state index contributed by atoms with van der Waals surface area (Å²) in [6, 6.07) is 7.19. The summed E-state index contributed by atoms with van der Waals surface area (Å²) >= 11 is 0. The SMILES string of the molecule is O=C(O)CC(=O)O.O=C(O)Cc1nc2ccccc2o1. The Balaban J connectivity index is 0.000000246. The van der Waals surface area contributed by atoms with Crippen LogP contribution in [0.15, 0.2) is 28.7 Å². The average Bonchev–Trinajstić information content (AvgIpc) is 2.68. The minimum Gasteiger partial charge on any atom is -0.481 e. The van der Waals surface area contributed by atoms with Crippen molar-refractivity contribution in [2.24, 2.45) is 0 Å². The number of nitrogens with zero attached hydrogens (tertiary/aromatic N) is 1. The first kappa shape index (κ1) is 15.2. The largest absolute Gasteiger partial charge is 0.481 e. The van der Waals surface area contributed by atoms with Gasteiger partial charge in [0.15, 0.2) is 5.58 Å². The number of aliphatic carboxylic acids is 3. The lowest BCUT2D eigenvalue weighted by Crippen LogP contribution is -2.03. The molecule has 2 aromatic rings. The van der Waals surface area contributed by atoms with Gasteiger partial charge in [-0.15, -0.1) is 0 Å². The molecule has 3 N–H and O–H groups in total. The summed E-state index contributed by atoms with van der Waals surface area (Å²) in [7, 11) is 0. The zero-order chi connectivity index (χ0) is 15.1. The van der Waals surface area contributed by atoms with E-state index < -0.39 is 24.3 Å². The van der Waals surface area contributed by atoms with Gasteiger partial charge in [0.05, 0.1) is 0 Å². The van der Waals surface area contributed by atoms with E-state index in [4.69, 9.17) is 19.7 Å². The van der Waals surface area contributed by atoms with Crippen molar-refractivity contribution in [3.8, 4) is 0 Å². The van der Waals surface area contributed by atoms with Crippen LogP contribution in [0.1, 0.15) is 12.3 Å². The van der Waals surface area contributed by atoms with Gasteiger partial charge in [-0.1, -0.05) is 12.1 Å². The summed E-state index contributed by atoms with van der Waals surface area (Å²) in [5.41, 5.74) is 1.32. The van der Waals surface area contributed by atoms with Gasteiger partial charge in [-0.25, -0.2) is 4.98 Å². The standard InChI is InChI=1S/C9H7NO3.C3H4O4/c11-9(12)5-8-10-6-3-1-2-4-7(6)13-8;4-2(5)1-3(6)7/h1-4H,5H2,(H,11,12);1H2,(H,4,5)(H,6,7). The van der Waals surface area contributed by atoms with Gasteiger partial charge in [-0.05, 0) is 12.1 Å². The minimum atomic E-state index is -1.31. The molecule has 0 amide bonds. The van der Waals surface area contributed by atoms with Crippen LogP contribution in [0.4, 0.5) is 0 Å². The maximum absolute atomic E-state index is 10.3. The Labute approximate surface area is 112 Å². The predicted octanol–water partition coefficient (Wildman–Crippen LogP) is 1.00. The van der Waals surface area contributed by atoms with Crippen molar-refractivity contribution >= 4 is 29.0 Å². The molecule has 0 radical (unpaired) electrons. The number of aromatic nitrogens is 1. The highest BCUT2D eigenvalue weighted by Gasteiger charge is 2.08. The van der Waals surface area contributed by atoms with Crippen LogP contribution in [-0.2, 0) is 20.8 Å². The van der Waals surface area contributed by atoms with Crippen LogP contribution in [0.25, 0.3) is 11.1 Å². The van der Waals surface area contributed by atoms with E-state index in [2.05, 4.69) is 4.98 Å². The molecule has 1 heterocycles. The first-order valence-electron chi connectivity index (χ1n) is 5.38. The van der Waals surface area contributed by atoms with Crippen molar-refractivity contribution in [3.05, 3.63) is 30.2 Å². The van der Waals surface area contributed by atoms with E-state index in [1.165, 1.54) is 0 Å². The van der Waals surface area contributed by atoms with Crippen LogP contribution in [-0.4, -0.2) is 38.2 Å². The van der Waals surface area contributed by atoms with Crippen molar-refractivity contribution in [3.63, 3.8) is 0 Å². The highest BCUT2D eigenvalue weighted by atomic mass is 16.4. The smallest absolute Gasteiger partial charge is 0.314 e. The fraction of sp³-hybridized carbons (Fsp3) is 0.167. The third-order valence-corrected chi connectivity index (χ3v) is 1.94. The number of rotatable bonds is 4. The molecule has 0 saturated heterocycles. The highest BCUT2D eigenvalue weighted by Crippen LogP contribution is 2.14. The third kappa shape index (κ3) is 5.17. The molecule has 8 heteroatoms. The fourth-order valence-electron chi connectivity index (χ4n) is 1.25. The van der Waals surface area contributed by atoms with E-state index in [-0.39, 0.29) is 12.3 Å². The van der Waals surface area contributed by atoms with E-state index in [0.717, 1.165) is 0 Å². The Morgan fingerprint density at radius 3 is 2.05 bits per heavy atom. The summed E-state index contributed by atoms with van der Waals surface area (Å²) in [5.74, 6) is -3.32. The summed E-state index contributed by atoms with van der Waals surface area (Å²) in [4.78, 5) is 33.2. The third-order valence-electron chi connectivity index (χ3n) is 1.94. The second-order valence-electron chi connectivity index (χ2n) is 3.61. The van der Waals surface area contributed by atoms with Gasteiger partial charge in [-0.2, -0.15) is 0 Å². The van der Waals surface area contributed by atoms with Crippen LogP contribution in [0.5, 0.6) is 0 Å². The van der Waals surface area contributed by atoms with Crippen molar-refractivity contribution < 1.29 is 34.1 Å². The number of carboxylic acid groups (broad SMARTS) is 3. The first-order valence-corrected chi connectivity index (χ1v) is 5.38.